The minimum atomic E-state index is -4.48. The van der Waals surface area contributed by atoms with Gasteiger partial charge in [-0.05, 0) is 30.9 Å². The van der Waals surface area contributed by atoms with E-state index < -0.39 is 11.9 Å². The number of halogens is 3. The fourth-order valence-corrected chi connectivity index (χ4v) is 2.46. The maximum atomic E-state index is 12.5. The van der Waals surface area contributed by atoms with Crippen LogP contribution in [0.3, 0.4) is 0 Å². The molecular formula is C15H18F3N5. The van der Waals surface area contributed by atoms with Crippen molar-refractivity contribution in [1.82, 2.24) is 20.0 Å². The Labute approximate surface area is 131 Å². The van der Waals surface area contributed by atoms with Crippen molar-refractivity contribution in [3.63, 3.8) is 0 Å². The Balaban J connectivity index is 1.81. The van der Waals surface area contributed by atoms with E-state index in [4.69, 9.17) is 0 Å². The Morgan fingerprint density at radius 2 is 2.00 bits per heavy atom. The lowest BCUT2D eigenvalue weighted by molar-refractivity contribution is -0.141. The van der Waals surface area contributed by atoms with Crippen LogP contribution in [0.2, 0.25) is 0 Å². The maximum absolute atomic E-state index is 12.5. The molecule has 0 spiro atoms. The van der Waals surface area contributed by atoms with Crippen LogP contribution in [0.1, 0.15) is 44.0 Å². The van der Waals surface area contributed by atoms with Crippen molar-refractivity contribution in [2.24, 2.45) is 5.92 Å². The van der Waals surface area contributed by atoms with E-state index in [1.807, 2.05) is 4.68 Å². The lowest BCUT2D eigenvalue weighted by atomic mass is 10.2. The molecule has 5 nitrogen and oxygen atoms in total. The molecule has 23 heavy (non-hydrogen) atoms. The molecule has 0 aromatic carbocycles. The van der Waals surface area contributed by atoms with Crippen LogP contribution >= 0.6 is 0 Å². The van der Waals surface area contributed by atoms with Crippen LogP contribution in [0.4, 0.5) is 24.7 Å². The summed E-state index contributed by atoms with van der Waals surface area (Å²) in [7, 11) is 0. The lowest BCUT2D eigenvalue weighted by Gasteiger charge is -2.12. The summed E-state index contributed by atoms with van der Waals surface area (Å²) in [6, 6.07) is 2.21. The summed E-state index contributed by atoms with van der Waals surface area (Å²) in [5, 5.41) is 14.3. The summed E-state index contributed by atoms with van der Waals surface area (Å²) >= 11 is 0. The summed E-state index contributed by atoms with van der Waals surface area (Å²) < 4.78 is 39.5. The van der Waals surface area contributed by atoms with Gasteiger partial charge in [0.1, 0.15) is 0 Å². The first-order valence-electron chi connectivity index (χ1n) is 7.58. The van der Waals surface area contributed by atoms with Gasteiger partial charge in [0.25, 0.3) is 0 Å². The summed E-state index contributed by atoms with van der Waals surface area (Å²) in [5.74, 6) is 1.20. The number of rotatable bonds is 5. The van der Waals surface area contributed by atoms with E-state index in [0.717, 1.165) is 36.8 Å². The van der Waals surface area contributed by atoms with E-state index in [-0.39, 0.29) is 5.82 Å². The van der Waals surface area contributed by atoms with Crippen molar-refractivity contribution in [2.75, 3.05) is 5.32 Å². The highest BCUT2D eigenvalue weighted by atomic mass is 19.4. The molecule has 1 saturated carbocycles. The van der Waals surface area contributed by atoms with Gasteiger partial charge in [0.05, 0.1) is 17.6 Å². The van der Waals surface area contributed by atoms with Crippen molar-refractivity contribution in [2.45, 2.75) is 45.3 Å². The minimum Gasteiger partial charge on any atom is -0.336 e. The van der Waals surface area contributed by atoms with Gasteiger partial charge in [-0.15, -0.1) is 10.2 Å². The first-order chi connectivity index (χ1) is 10.8. The standard InChI is InChI=1S/C15H18F3N5/c1-9(2)8-23-14(10-3-4-10)11(7-19-23)20-13-6-5-12(21-22-13)15(16,17)18/h5-7,9-10H,3-4,8H2,1-2H3,(H,20,22). The van der Waals surface area contributed by atoms with Crippen LogP contribution in [0.25, 0.3) is 0 Å². The average Bonchev–Trinajstić information content (AvgIpc) is 3.22. The molecule has 2 heterocycles. The van der Waals surface area contributed by atoms with Crippen molar-refractivity contribution in [3.8, 4) is 0 Å². The van der Waals surface area contributed by atoms with Crippen molar-refractivity contribution in [1.29, 1.82) is 0 Å². The predicted octanol–water partition coefficient (Wildman–Crippen LogP) is 3.97. The summed E-state index contributed by atoms with van der Waals surface area (Å²) in [4.78, 5) is 0. The van der Waals surface area contributed by atoms with Gasteiger partial charge < -0.3 is 5.32 Å². The molecule has 1 aliphatic carbocycles. The van der Waals surface area contributed by atoms with E-state index in [1.165, 1.54) is 6.07 Å². The molecule has 1 fully saturated rings. The van der Waals surface area contributed by atoms with Gasteiger partial charge >= 0.3 is 6.18 Å². The number of nitrogens with zero attached hydrogens (tertiary/aromatic N) is 4. The molecule has 0 aliphatic heterocycles. The Hall–Kier alpha value is -2.12. The molecule has 2 aromatic rings. The first kappa shape index (κ1) is 15.8. The second-order valence-corrected chi connectivity index (χ2v) is 6.22. The van der Waals surface area contributed by atoms with E-state index in [2.05, 4.69) is 34.5 Å². The highest BCUT2D eigenvalue weighted by Gasteiger charge is 2.33. The molecule has 1 N–H and O–H groups in total. The quantitative estimate of drug-likeness (QED) is 0.904. The third-order valence-corrected chi connectivity index (χ3v) is 3.60. The molecule has 0 unspecified atom stereocenters. The van der Waals surface area contributed by atoms with Crippen molar-refractivity contribution >= 4 is 11.5 Å². The monoisotopic (exact) mass is 325 g/mol. The Bertz CT molecular complexity index is 671. The van der Waals surface area contributed by atoms with Crippen LogP contribution in [0, 0.1) is 5.92 Å². The average molecular weight is 325 g/mol. The molecule has 124 valence electrons. The first-order valence-corrected chi connectivity index (χ1v) is 7.58. The second kappa shape index (κ2) is 5.82. The largest absolute Gasteiger partial charge is 0.435 e. The SMILES string of the molecule is CC(C)Cn1ncc(Nc2ccc(C(F)(F)F)nn2)c1C1CC1. The van der Waals surface area contributed by atoms with Crippen LogP contribution in [-0.2, 0) is 12.7 Å². The number of nitrogens with one attached hydrogen (secondary N) is 1. The second-order valence-electron chi connectivity index (χ2n) is 6.22. The molecule has 0 bridgehead atoms. The Morgan fingerprint density at radius 1 is 1.26 bits per heavy atom. The van der Waals surface area contributed by atoms with Crippen LogP contribution in [0.5, 0.6) is 0 Å². The minimum absolute atomic E-state index is 0.281. The molecule has 0 saturated heterocycles. The smallest absolute Gasteiger partial charge is 0.336 e. The fourth-order valence-electron chi connectivity index (χ4n) is 2.46. The van der Waals surface area contributed by atoms with Crippen LogP contribution < -0.4 is 5.32 Å². The highest BCUT2D eigenvalue weighted by Crippen LogP contribution is 2.44. The summed E-state index contributed by atoms with van der Waals surface area (Å²) in [6.45, 7) is 5.05. The fraction of sp³-hybridized carbons (Fsp3) is 0.533. The Morgan fingerprint density at radius 3 is 2.52 bits per heavy atom. The zero-order valence-electron chi connectivity index (χ0n) is 12.9. The number of anilines is 2. The van der Waals surface area contributed by atoms with Gasteiger partial charge in [0, 0.05) is 12.5 Å². The number of hydrogen-bond donors (Lipinski definition) is 1. The highest BCUT2D eigenvalue weighted by molar-refractivity contribution is 5.59. The zero-order chi connectivity index (χ0) is 16.6. The van der Waals surface area contributed by atoms with Crippen molar-refractivity contribution in [3.05, 3.63) is 29.7 Å². The Kier molecular flexibility index (Phi) is 3.99. The number of hydrogen-bond acceptors (Lipinski definition) is 4. The van der Waals surface area contributed by atoms with Gasteiger partial charge in [-0.2, -0.15) is 18.3 Å². The molecule has 0 atom stereocenters. The molecule has 0 radical (unpaired) electrons. The van der Waals surface area contributed by atoms with Gasteiger partial charge in [-0.25, -0.2) is 0 Å². The molecule has 8 heteroatoms. The van der Waals surface area contributed by atoms with Gasteiger partial charge in [-0.1, -0.05) is 13.8 Å². The van der Waals surface area contributed by atoms with Gasteiger partial charge in [0.15, 0.2) is 11.5 Å². The van der Waals surface area contributed by atoms with E-state index in [1.54, 1.807) is 6.20 Å². The lowest BCUT2D eigenvalue weighted by Crippen LogP contribution is -2.11. The third-order valence-electron chi connectivity index (χ3n) is 3.60. The van der Waals surface area contributed by atoms with Crippen LogP contribution in [-0.4, -0.2) is 20.0 Å². The number of aromatic nitrogens is 4. The maximum Gasteiger partial charge on any atom is 0.435 e. The van der Waals surface area contributed by atoms with E-state index in [0.29, 0.717) is 11.8 Å². The van der Waals surface area contributed by atoms with Crippen molar-refractivity contribution < 1.29 is 13.2 Å². The molecule has 0 amide bonds. The topological polar surface area (TPSA) is 55.6 Å². The molecular weight excluding hydrogens is 307 g/mol. The molecule has 2 aromatic heterocycles. The molecule has 1 aliphatic rings. The predicted molar refractivity (Wildman–Crippen MR) is 79.4 cm³/mol. The third kappa shape index (κ3) is 3.62. The van der Waals surface area contributed by atoms with Crippen LogP contribution in [0.15, 0.2) is 18.3 Å². The van der Waals surface area contributed by atoms with Gasteiger partial charge in [0.2, 0.25) is 0 Å². The summed E-state index contributed by atoms with van der Waals surface area (Å²) in [5.41, 5.74) is 0.892. The zero-order valence-corrected chi connectivity index (χ0v) is 12.9. The van der Waals surface area contributed by atoms with E-state index in [9.17, 15) is 13.2 Å². The van der Waals surface area contributed by atoms with E-state index >= 15 is 0 Å². The number of alkyl halides is 3. The summed E-state index contributed by atoms with van der Waals surface area (Å²) in [6.07, 6.45) is -0.559. The van der Waals surface area contributed by atoms with Gasteiger partial charge in [-0.3, -0.25) is 4.68 Å². The molecule has 3 rings (SSSR count). The normalized spacial score (nSPS) is 15.2.